The second-order valence-corrected chi connectivity index (χ2v) is 7.33. The number of ether oxygens (including phenoxy) is 2. The summed E-state index contributed by atoms with van der Waals surface area (Å²) in [6.45, 7) is 3.22. The predicted octanol–water partition coefficient (Wildman–Crippen LogP) is 3.05. The van der Waals surface area contributed by atoms with E-state index in [9.17, 15) is 0 Å². The van der Waals surface area contributed by atoms with Crippen molar-refractivity contribution in [2.45, 2.75) is 38.1 Å². The van der Waals surface area contributed by atoms with E-state index in [1.807, 2.05) is 23.5 Å². The lowest BCUT2D eigenvalue weighted by atomic mass is 9.95. The van der Waals surface area contributed by atoms with E-state index in [1.165, 1.54) is 43.9 Å². The Labute approximate surface area is 126 Å². The quantitative estimate of drug-likeness (QED) is 0.740. The minimum atomic E-state index is 0.748. The fraction of sp³-hybridized carbons (Fsp3) is 1.00. The third-order valence-electron chi connectivity index (χ3n) is 3.72. The van der Waals surface area contributed by atoms with Gasteiger partial charge in [-0.05, 0) is 12.8 Å². The molecule has 2 fully saturated rings. The number of hydrogen-bond acceptors (Lipinski definition) is 5. The monoisotopic (exact) mass is 305 g/mol. The van der Waals surface area contributed by atoms with E-state index in [2.05, 4.69) is 4.90 Å². The van der Waals surface area contributed by atoms with Crippen LogP contribution >= 0.6 is 23.5 Å². The lowest BCUT2D eigenvalue weighted by Crippen LogP contribution is -2.36. The van der Waals surface area contributed by atoms with Crippen LogP contribution in [0.1, 0.15) is 32.1 Å². The zero-order chi connectivity index (χ0) is 13.2. The van der Waals surface area contributed by atoms with Gasteiger partial charge in [0, 0.05) is 29.3 Å². The maximum atomic E-state index is 5.56. The summed E-state index contributed by atoms with van der Waals surface area (Å²) in [7, 11) is 0. The first-order chi connectivity index (χ1) is 9.47. The average Bonchev–Trinajstić information content (AvgIpc) is 2.49. The molecule has 0 spiro atoms. The van der Waals surface area contributed by atoms with Crippen LogP contribution in [0.15, 0.2) is 0 Å². The van der Waals surface area contributed by atoms with E-state index in [0.717, 1.165) is 44.0 Å². The normalized spacial score (nSPS) is 27.2. The van der Waals surface area contributed by atoms with E-state index >= 15 is 0 Å². The molecule has 2 aliphatic rings. The predicted molar refractivity (Wildman–Crippen MR) is 85.0 cm³/mol. The third kappa shape index (κ3) is 6.71. The standard InChI is InChI=1S/C14H27NO2S2/c1-2-4-14(5-3-1)15-12-18-10-8-16-6-7-17-9-11-19-13-15/h14H,1-13H2. The first kappa shape index (κ1) is 16.0. The maximum Gasteiger partial charge on any atom is 0.0700 e. The van der Waals surface area contributed by atoms with Crippen LogP contribution in [0.5, 0.6) is 0 Å². The highest BCUT2D eigenvalue weighted by Gasteiger charge is 2.20. The Hall–Kier alpha value is 0.580. The SMILES string of the molecule is C1CCC(N2CSCCOCCOCCSC2)CC1. The number of hydrogen-bond donors (Lipinski definition) is 0. The van der Waals surface area contributed by atoms with Crippen molar-refractivity contribution < 1.29 is 9.47 Å². The molecule has 0 unspecified atom stereocenters. The van der Waals surface area contributed by atoms with Crippen molar-refractivity contribution in [1.82, 2.24) is 4.90 Å². The van der Waals surface area contributed by atoms with E-state index in [4.69, 9.17) is 9.47 Å². The first-order valence-electron chi connectivity index (χ1n) is 7.52. The fourth-order valence-electron chi connectivity index (χ4n) is 2.62. The molecular weight excluding hydrogens is 278 g/mol. The van der Waals surface area contributed by atoms with Crippen LogP contribution in [0, 0.1) is 0 Å². The smallest absolute Gasteiger partial charge is 0.0700 e. The zero-order valence-corrected chi connectivity index (χ0v) is 13.5. The second kappa shape index (κ2) is 10.3. The van der Waals surface area contributed by atoms with Crippen LogP contribution in [0.4, 0.5) is 0 Å². The van der Waals surface area contributed by atoms with Crippen LogP contribution in [0.3, 0.4) is 0 Å². The van der Waals surface area contributed by atoms with Crippen molar-refractivity contribution >= 4 is 23.5 Å². The highest BCUT2D eigenvalue weighted by molar-refractivity contribution is 8.00. The molecule has 0 bridgehead atoms. The first-order valence-corrected chi connectivity index (χ1v) is 9.83. The molecule has 0 N–H and O–H groups in total. The van der Waals surface area contributed by atoms with Gasteiger partial charge in [-0.15, -0.1) is 23.5 Å². The molecule has 0 aromatic carbocycles. The summed E-state index contributed by atoms with van der Waals surface area (Å²) in [6.07, 6.45) is 7.07. The van der Waals surface area contributed by atoms with E-state index in [-0.39, 0.29) is 0 Å². The van der Waals surface area contributed by atoms with Crippen molar-refractivity contribution in [1.29, 1.82) is 0 Å². The Morgan fingerprint density at radius 2 is 1.32 bits per heavy atom. The van der Waals surface area contributed by atoms with Gasteiger partial charge in [-0.3, -0.25) is 4.90 Å². The lowest BCUT2D eigenvalue weighted by Gasteiger charge is -2.33. The third-order valence-corrected chi connectivity index (χ3v) is 5.66. The molecule has 0 aromatic heterocycles. The van der Waals surface area contributed by atoms with Crippen LogP contribution in [0.25, 0.3) is 0 Å². The van der Waals surface area contributed by atoms with Gasteiger partial charge in [0.1, 0.15) is 0 Å². The van der Waals surface area contributed by atoms with Crippen molar-refractivity contribution in [3.63, 3.8) is 0 Å². The Balaban J connectivity index is 1.76. The van der Waals surface area contributed by atoms with Crippen LogP contribution < -0.4 is 0 Å². The van der Waals surface area contributed by atoms with Gasteiger partial charge in [-0.25, -0.2) is 0 Å². The molecule has 0 amide bonds. The molecule has 0 aromatic rings. The number of nitrogens with zero attached hydrogens (tertiary/aromatic N) is 1. The van der Waals surface area contributed by atoms with E-state index < -0.39 is 0 Å². The Bertz CT molecular complexity index is 211. The van der Waals surface area contributed by atoms with Crippen molar-refractivity contribution in [3.8, 4) is 0 Å². The van der Waals surface area contributed by atoms with Crippen LogP contribution in [-0.2, 0) is 9.47 Å². The maximum absolute atomic E-state index is 5.56. The molecule has 112 valence electrons. The summed E-state index contributed by atoms with van der Waals surface area (Å²) in [5.74, 6) is 4.55. The minimum Gasteiger partial charge on any atom is -0.378 e. The molecule has 1 aliphatic heterocycles. The highest BCUT2D eigenvalue weighted by atomic mass is 32.2. The van der Waals surface area contributed by atoms with Crippen molar-refractivity contribution in [3.05, 3.63) is 0 Å². The lowest BCUT2D eigenvalue weighted by molar-refractivity contribution is 0.0605. The molecule has 3 nitrogen and oxygen atoms in total. The van der Waals surface area contributed by atoms with Gasteiger partial charge in [-0.1, -0.05) is 19.3 Å². The van der Waals surface area contributed by atoms with Crippen molar-refractivity contribution in [2.75, 3.05) is 49.7 Å². The summed E-state index contributed by atoms with van der Waals surface area (Å²) in [6, 6.07) is 0.820. The van der Waals surface area contributed by atoms with Gasteiger partial charge in [0.15, 0.2) is 0 Å². The summed E-state index contributed by atoms with van der Waals surface area (Å²) in [4.78, 5) is 2.69. The Morgan fingerprint density at radius 1 is 0.737 bits per heavy atom. The molecule has 1 aliphatic carbocycles. The Kier molecular flexibility index (Phi) is 8.67. The Morgan fingerprint density at radius 3 is 1.89 bits per heavy atom. The average molecular weight is 306 g/mol. The fourth-order valence-corrected chi connectivity index (χ4v) is 4.53. The number of thioether (sulfide) groups is 2. The van der Waals surface area contributed by atoms with Gasteiger partial charge < -0.3 is 9.47 Å². The summed E-state index contributed by atoms with van der Waals surface area (Å²) < 4.78 is 11.1. The summed E-state index contributed by atoms with van der Waals surface area (Å²) in [5, 5.41) is 0. The molecule has 1 saturated heterocycles. The van der Waals surface area contributed by atoms with Crippen LogP contribution in [0.2, 0.25) is 0 Å². The number of rotatable bonds is 1. The highest BCUT2D eigenvalue weighted by Crippen LogP contribution is 2.25. The van der Waals surface area contributed by atoms with Gasteiger partial charge >= 0.3 is 0 Å². The topological polar surface area (TPSA) is 21.7 Å². The van der Waals surface area contributed by atoms with Gasteiger partial charge in [0.25, 0.3) is 0 Å². The minimum absolute atomic E-state index is 0.748. The van der Waals surface area contributed by atoms with Gasteiger partial charge in [0.2, 0.25) is 0 Å². The van der Waals surface area contributed by atoms with Crippen molar-refractivity contribution in [2.24, 2.45) is 0 Å². The zero-order valence-electron chi connectivity index (χ0n) is 11.8. The molecule has 0 radical (unpaired) electrons. The molecule has 5 heteroatoms. The summed E-state index contributed by atoms with van der Waals surface area (Å²) in [5.41, 5.74) is 0. The van der Waals surface area contributed by atoms with E-state index in [1.54, 1.807) is 0 Å². The van der Waals surface area contributed by atoms with Crippen LogP contribution in [-0.4, -0.2) is 60.6 Å². The molecular formula is C14H27NO2S2. The van der Waals surface area contributed by atoms with Gasteiger partial charge in [-0.2, -0.15) is 0 Å². The molecule has 1 heterocycles. The molecule has 2 rings (SSSR count). The second-order valence-electron chi connectivity index (χ2n) is 5.18. The molecule has 19 heavy (non-hydrogen) atoms. The molecule has 0 atom stereocenters. The van der Waals surface area contributed by atoms with Gasteiger partial charge in [0.05, 0.1) is 26.4 Å². The summed E-state index contributed by atoms with van der Waals surface area (Å²) >= 11 is 4.05. The largest absolute Gasteiger partial charge is 0.378 e. The molecule has 1 saturated carbocycles. The van der Waals surface area contributed by atoms with E-state index in [0.29, 0.717) is 0 Å².